The molecule has 0 fully saturated rings. The molecule has 0 atom stereocenters. The van der Waals surface area contributed by atoms with E-state index in [1.54, 1.807) is 7.11 Å². The van der Waals surface area contributed by atoms with Gasteiger partial charge >= 0.3 is 0 Å². The number of benzene rings is 1. The molecule has 0 aliphatic carbocycles. The van der Waals surface area contributed by atoms with Crippen molar-refractivity contribution in [2.24, 2.45) is 5.10 Å². The van der Waals surface area contributed by atoms with Gasteiger partial charge in [0.15, 0.2) is 0 Å². The van der Waals surface area contributed by atoms with Crippen LogP contribution in [0.3, 0.4) is 0 Å². The van der Waals surface area contributed by atoms with Crippen LogP contribution in [0.5, 0.6) is 5.75 Å². The summed E-state index contributed by atoms with van der Waals surface area (Å²) in [7, 11) is 1.65. The number of hydrogen-bond acceptors (Lipinski definition) is 4. The van der Waals surface area contributed by atoms with E-state index in [-0.39, 0.29) is 17.2 Å². The lowest BCUT2D eigenvalue weighted by molar-refractivity contribution is -0.121. The zero-order chi connectivity index (χ0) is 17.7. The molecule has 6 heteroatoms. The van der Waals surface area contributed by atoms with Crippen molar-refractivity contribution in [3.63, 3.8) is 0 Å². The summed E-state index contributed by atoms with van der Waals surface area (Å²) in [4.78, 5) is 23.1. The van der Waals surface area contributed by atoms with Crippen molar-refractivity contribution < 1.29 is 14.3 Å². The number of nitrogens with one attached hydrogen (secondary N) is 2. The Kier molecular flexibility index (Phi) is 5.59. The van der Waals surface area contributed by atoms with Crippen LogP contribution >= 0.6 is 0 Å². The normalized spacial score (nSPS) is 14.7. The van der Waals surface area contributed by atoms with Crippen LogP contribution in [-0.4, -0.2) is 31.2 Å². The predicted octanol–water partition coefficient (Wildman–Crippen LogP) is 1.92. The maximum atomic E-state index is 12.1. The second-order valence-corrected chi connectivity index (χ2v) is 6.88. The van der Waals surface area contributed by atoms with Crippen LogP contribution in [0.1, 0.15) is 44.7 Å². The Hall–Kier alpha value is -2.37. The van der Waals surface area contributed by atoms with Crippen molar-refractivity contribution in [3.05, 3.63) is 29.3 Å². The summed E-state index contributed by atoms with van der Waals surface area (Å²) >= 11 is 0. The molecule has 1 aromatic carbocycles. The van der Waals surface area contributed by atoms with Crippen molar-refractivity contribution in [1.82, 2.24) is 10.7 Å². The van der Waals surface area contributed by atoms with E-state index in [0.29, 0.717) is 31.5 Å². The Morgan fingerprint density at radius 1 is 1.33 bits per heavy atom. The summed E-state index contributed by atoms with van der Waals surface area (Å²) in [5, 5.41) is 6.65. The van der Waals surface area contributed by atoms with E-state index >= 15 is 0 Å². The van der Waals surface area contributed by atoms with Gasteiger partial charge < -0.3 is 10.1 Å². The van der Waals surface area contributed by atoms with Gasteiger partial charge in [-0.25, -0.2) is 5.43 Å². The van der Waals surface area contributed by atoms with Gasteiger partial charge in [0.1, 0.15) is 11.5 Å². The van der Waals surface area contributed by atoms with Gasteiger partial charge in [-0.2, -0.15) is 5.10 Å². The molecule has 24 heavy (non-hydrogen) atoms. The zero-order valence-corrected chi connectivity index (χ0v) is 14.7. The third-order valence-corrected chi connectivity index (χ3v) is 3.99. The number of carbonyl (C=O) groups is 2. The number of methoxy groups -OCH3 is 1. The van der Waals surface area contributed by atoms with Crippen LogP contribution in [0.25, 0.3) is 0 Å². The maximum Gasteiger partial charge on any atom is 0.267 e. The Morgan fingerprint density at radius 3 is 2.67 bits per heavy atom. The van der Waals surface area contributed by atoms with Crippen molar-refractivity contribution >= 4 is 17.5 Å². The van der Waals surface area contributed by atoms with Crippen molar-refractivity contribution in [2.45, 2.75) is 45.4 Å². The summed E-state index contributed by atoms with van der Waals surface area (Å²) in [6, 6.07) is 6.17. The van der Waals surface area contributed by atoms with Gasteiger partial charge in [-0.3, -0.25) is 9.59 Å². The Balaban J connectivity index is 1.98. The Morgan fingerprint density at radius 2 is 2.08 bits per heavy atom. The van der Waals surface area contributed by atoms with Gasteiger partial charge in [-0.05, 0) is 29.0 Å². The van der Waals surface area contributed by atoms with E-state index < -0.39 is 0 Å². The van der Waals surface area contributed by atoms with E-state index in [4.69, 9.17) is 4.74 Å². The minimum absolute atomic E-state index is 0.0549. The quantitative estimate of drug-likeness (QED) is 0.865. The number of hydrazone groups is 1. The average Bonchev–Trinajstić information content (AvgIpc) is 2.54. The fourth-order valence-corrected chi connectivity index (χ4v) is 2.49. The summed E-state index contributed by atoms with van der Waals surface area (Å²) in [5.74, 6) is 0.427. The van der Waals surface area contributed by atoms with E-state index in [1.807, 2.05) is 6.07 Å². The summed E-state index contributed by atoms with van der Waals surface area (Å²) < 4.78 is 5.41. The third kappa shape index (κ3) is 4.57. The monoisotopic (exact) mass is 331 g/mol. The smallest absolute Gasteiger partial charge is 0.267 e. The lowest BCUT2D eigenvalue weighted by Gasteiger charge is -2.21. The number of nitrogens with zero attached hydrogens (tertiary/aromatic N) is 1. The molecule has 2 amide bonds. The molecule has 1 aliphatic heterocycles. The molecule has 0 bridgehead atoms. The number of carbonyl (C=O) groups excluding carboxylic acids is 2. The van der Waals surface area contributed by atoms with Crippen LogP contribution in [0.2, 0.25) is 0 Å². The zero-order valence-electron chi connectivity index (χ0n) is 14.7. The van der Waals surface area contributed by atoms with Gasteiger partial charge in [-0.1, -0.05) is 32.9 Å². The molecule has 130 valence electrons. The van der Waals surface area contributed by atoms with Crippen LogP contribution in [0.4, 0.5) is 0 Å². The first-order valence-electron chi connectivity index (χ1n) is 8.12. The third-order valence-electron chi connectivity index (χ3n) is 3.99. The first-order chi connectivity index (χ1) is 11.3. The van der Waals surface area contributed by atoms with Crippen molar-refractivity contribution in [1.29, 1.82) is 0 Å². The first kappa shape index (κ1) is 18.0. The number of amides is 2. The minimum Gasteiger partial charge on any atom is -0.496 e. The maximum absolute atomic E-state index is 12.1. The second kappa shape index (κ2) is 7.47. The van der Waals surface area contributed by atoms with E-state index in [0.717, 1.165) is 11.3 Å². The second-order valence-electron chi connectivity index (χ2n) is 6.88. The number of rotatable bonds is 5. The molecule has 0 spiro atoms. The van der Waals surface area contributed by atoms with E-state index in [9.17, 15) is 9.59 Å². The summed E-state index contributed by atoms with van der Waals surface area (Å²) in [6.07, 6.45) is 1.34. The lowest BCUT2D eigenvalue weighted by Crippen LogP contribution is -2.37. The van der Waals surface area contributed by atoms with Gasteiger partial charge in [0.05, 0.1) is 7.11 Å². The summed E-state index contributed by atoms with van der Waals surface area (Å²) in [5.41, 5.74) is 5.04. The highest BCUT2D eigenvalue weighted by Gasteiger charge is 2.19. The highest BCUT2D eigenvalue weighted by atomic mass is 16.5. The molecule has 2 rings (SSSR count). The van der Waals surface area contributed by atoms with Gasteiger partial charge in [0.2, 0.25) is 5.91 Å². The topological polar surface area (TPSA) is 79.8 Å². The SMILES string of the molecule is COc1ccc(C(C)(C)C)cc1CCNC(=O)C1=NNC(=O)CC1. The average molecular weight is 331 g/mol. The van der Waals surface area contributed by atoms with Crippen LogP contribution in [0, 0.1) is 0 Å². The molecular formula is C18H25N3O3. The molecule has 1 aromatic rings. The molecule has 0 saturated heterocycles. The Labute approximate surface area is 142 Å². The molecule has 6 nitrogen and oxygen atoms in total. The molecule has 0 unspecified atom stereocenters. The fourth-order valence-electron chi connectivity index (χ4n) is 2.49. The van der Waals surface area contributed by atoms with Crippen molar-refractivity contribution in [3.8, 4) is 5.75 Å². The molecule has 0 saturated carbocycles. The highest BCUT2D eigenvalue weighted by molar-refractivity contribution is 6.39. The number of hydrogen-bond donors (Lipinski definition) is 2. The van der Waals surface area contributed by atoms with Gasteiger partial charge in [-0.15, -0.1) is 0 Å². The molecule has 0 aromatic heterocycles. The van der Waals surface area contributed by atoms with Gasteiger partial charge in [0, 0.05) is 19.4 Å². The van der Waals surface area contributed by atoms with E-state index in [1.165, 1.54) is 5.56 Å². The standard InChI is InChI=1S/C18H25N3O3/c1-18(2,3)13-5-7-15(24-4)12(11-13)9-10-19-17(23)14-6-8-16(22)21-20-14/h5,7,11H,6,8-10H2,1-4H3,(H,19,23)(H,21,22). The summed E-state index contributed by atoms with van der Waals surface area (Å²) in [6.45, 7) is 6.97. The Bertz CT molecular complexity index is 660. The molecule has 2 N–H and O–H groups in total. The first-order valence-corrected chi connectivity index (χ1v) is 8.12. The number of ether oxygens (including phenoxy) is 1. The largest absolute Gasteiger partial charge is 0.496 e. The highest BCUT2D eigenvalue weighted by Crippen LogP contribution is 2.28. The predicted molar refractivity (Wildman–Crippen MR) is 93.2 cm³/mol. The van der Waals surface area contributed by atoms with Gasteiger partial charge in [0.25, 0.3) is 5.91 Å². The van der Waals surface area contributed by atoms with Crippen LogP contribution in [-0.2, 0) is 21.4 Å². The van der Waals surface area contributed by atoms with Crippen molar-refractivity contribution in [2.75, 3.05) is 13.7 Å². The van der Waals surface area contributed by atoms with Crippen LogP contribution < -0.4 is 15.5 Å². The molecular weight excluding hydrogens is 306 g/mol. The molecule has 1 aliphatic rings. The lowest BCUT2D eigenvalue weighted by atomic mass is 9.85. The minimum atomic E-state index is -0.235. The molecule has 0 radical (unpaired) electrons. The van der Waals surface area contributed by atoms with Crippen LogP contribution in [0.15, 0.2) is 23.3 Å². The molecule has 1 heterocycles. The van der Waals surface area contributed by atoms with E-state index in [2.05, 4.69) is 48.7 Å². The fraction of sp³-hybridized carbons (Fsp3) is 0.500.